The fourth-order valence-electron chi connectivity index (χ4n) is 3.55. The molecule has 4 heteroatoms. The molecule has 1 atom stereocenters. The lowest BCUT2D eigenvalue weighted by atomic mass is 9.85. The van der Waals surface area contributed by atoms with Crippen LogP contribution in [0.15, 0.2) is 12.1 Å². The minimum absolute atomic E-state index is 0.177. The van der Waals surface area contributed by atoms with Crippen molar-refractivity contribution in [3.05, 3.63) is 34.4 Å². The van der Waals surface area contributed by atoms with Gasteiger partial charge in [0.1, 0.15) is 0 Å². The number of carbonyl (C=O) groups is 2. The summed E-state index contributed by atoms with van der Waals surface area (Å²) in [7, 11) is 0. The van der Waals surface area contributed by atoms with Crippen LogP contribution in [0.4, 0.5) is 0 Å². The van der Waals surface area contributed by atoms with Crippen LogP contribution in [0.3, 0.4) is 0 Å². The van der Waals surface area contributed by atoms with E-state index in [1.807, 2.05) is 0 Å². The second kappa shape index (κ2) is 11.7. The lowest BCUT2D eigenvalue weighted by Gasteiger charge is -2.23. The van der Waals surface area contributed by atoms with E-state index >= 15 is 0 Å². The van der Waals surface area contributed by atoms with Gasteiger partial charge in [-0.05, 0) is 36.3 Å². The third-order valence-corrected chi connectivity index (χ3v) is 5.17. The zero-order valence-corrected chi connectivity index (χ0v) is 16.4. The first-order valence-corrected chi connectivity index (χ1v) is 10.0. The first kappa shape index (κ1) is 22.2. The van der Waals surface area contributed by atoms with Gasteiger partial charge in [0, 0.05) is 11.1 Å². The molecule has 0 amide bonds. The molecule has 1 aromatic carbocycles. The van der Waals surface area contributed by atoms with Crippen molar-refractivity contribution >= 4 is 11.9 Å². The summed E-state index contributed by atoms with van der Waals surface area (Å²) in [6, 6.07) is 3.15. The molecule has 26 heavy (non-hydrogen) atoms. The van der Waals surface area contributed by atoms with Crippen LogP contribution in [0.5, 0.6) is 0 Å². The van der Waals surface area contributed by atoms with Crippen LogP contribution < -0.4 is 10.2 Å². The maximum absolute atomic E-state index is 11.7. The molecule has 0 spiro atoms. The monoisotopic (exact) mass is 360 g/mol. The molecule has 0 N–H and O–H groups in total. The quantitative estimate of drug-likeness (QED) is 0.506. The summed E-state index contributed by atoms with van der Waals surface area (Å²) in [5, 5.41) is 23.1. The summed E-state index contributed by atoms with van der Waals surface area (Å²) in [4.78, 5) is 23.1. The molecule has 146 valence electrons. The number of carbonyl (C=O) groups excluding carboxylic acids is 2. The fourth-order valence-corrected chi connectivity index (χ4v) is 3.55. The van der Waals surface area contributed by atoms with Gasteiger partial charge in [-0.3, -0.25) is 0 Å². The predicted molar refractivity (Wildman–Crippen MR) is 100.0 cm³/mol. The average Bonchev–Trinajstić information content (AvgIpc) is 2.61. The van der Waals surface area contributed by atoms with Crippen molar-refractivity contribution in [2.75, 3.05) is 0 Å². The van der Waals surface area contributed by atoms with Crippen LogP contribution in [0.1, 0.15) is 104 Å². The average molecular weight is 360 g/mol. The number of hydrogen-bond acceptors (Lipinski definition) is 4. The molecule has 1 aromatic rings. The lowest BCUT2D eigenvalue weighted by Crippen LogP contribution is -2.32. The molecule has 0 fully saturated rings. The Hall–Kier alpha value is -1.84. The first-order valence-electron chi connectivity index (χ1n) is 10.0. The minimum atomic E-state index is -1.46. The van der Waals surface area contributed by atoms with E-state index in [1.165, 1.54) is 6.07 Å². The van der Waals surface area contributed by atoms with Gasteiger partial charge in [0.05, 0.1) is 11.9 Å². The molecular weight excluding hydrogens is 328 g/mol. The number of benzene rings is 1. The fraction of sp³-hybridized carbons (Fsp3) is 0.636. The van der Waals surface area contributed by atoms with Gasteiger partial charge in [-0.15, -0.1) is 0 Å². The molecule has 1 rings (SSSR count). The molecule has 0 aliphatic rings. The molecule has 0 heterocycles. The molecule has 0 aliphatic heterocycles. The van der Waals surface area contributed by atoms with Crippen molar-refractivity contribution in [1.29, 1.82) is 0 Å². The summed E-state index contributed by atoms with van der Waals surface area (Å²) in [6.45, 7) is 6.43. The lowest BCUT2D eigenvalue weighted by molar-refractivity contribution is -0.259. The maximum Gasteiger partial charge on any atom is 0.0724 e. The number of carboxylic acids is 2. The highest BCUT2D eigenvalue weighted by Gasteiger charge is 2.17. The van der Waals surface area contributed by atoms with Crippen LogP contribution >= 0.6 is 0 Å². The van der Waals surface area contributed by atoms with Gasteiger partial charge < -0.3 is 19.8 Å². The molecule has 0 aliphatic carbocycles. The Balaban J connectivity index is 3.22. The van der Waals surface area contributed by atoms with Crippen molar-refractivity contribution in [2.24, 2.45) is 5.92 Å². The van der Waals surface area contributed by atoms with Crippen molar-refractivity contribution in [3.8, 4) is 0 Å². The minimum Gasteiger partial charge on any atom is -0.545 e. The Morgan fingerprint density at radius 2 is 1.62 bits per heavy atom. The highest BCUT2D eigenvalue weighted by atomic mass is 16.4. The van der Waals surface area contributed by atoms with E-state index in [1.54, 1.807) is 6.07 Å². The van der Waals surface area contributed by atoms with Gasteiger partial charge in [-0.1, -0.05) is 77.8 Å². The normalized spacial score (nSPS) is 12.1. The summed E-state index contributed by atoms with van der Waals surface area (Å²) in [5.41, 5.74) is 1.15. The highest BCUT2D eigenvalue weighted by Crippen LogP contribution is 2.27. The Morgan fingerprint density at radius 1 is 0.923 bits per heavy atom. The summed E-state index contributed by atoms with van der Waals surface area (Å²) >= 11 is 0. The highest BCUT2D eigenvalue weighted by molar-refractivity contribution is 6.01. The smallest absolute Gasteiger partial charge is 0.0724 e. The Morgan fingerprint density at radius 3 is 2.15 bits per heavy atom. The van der Waals surface area contributed by atoms with Crippen LogP contribution in [0.2, 0.25) is 0 Å². The van der Waals surface area contributed by atoms with Gasteiger partial charge in [0.15, 0.2) is 0 Å². The third kappa shape index (κ3) is 6.47. The van der Waals surface area contributed by atoms with Crippen molar-refractivity contribution < 1.29 is 19.8 Å². The predicted octanol–water partition coefficient (Wildman–Crippen LogP) is 3.30. The molecule has 4 nitrogen and oxygen atoms in total. The number of aromatic carboxylic acids is 2. The summed E-state index contributed by atoms with van der Waals surface area (Å²) in [5.74, 6) is -2.39. The molecule has 0 bridgehead atoms. The van der Waals surface area contributed by atoms with E-state index in [2.05, 4.69) is 20.8 Å². The second-order valence-electron chi connectivity index (χ2n) is 7.13. The topological polar surface area (TPSA) is 80.3 Å². The number of unbranched alkanes of at least 4 members (excludes halogenated alkanes) is 4. The molecule has 0 saturated heterocycles. The molecule has 0 saturated carbocycles. The summed E-state index contributed by atoms with van der Waals surface area (Å²) in [6.07, 6.45) is 9.80. The van der Waals surface area contributed by atoms with Gasteiger partial charge in [0.25, 0.3) is 0 Å². The van der Waals surface area contributed by atoms with E-state index in [-0.39, 0.29) is 11.1 Å². The maximum atomic E-state index is 11.7. The van der Waals surface area contributed by atoms with Gasteiger partial charge in [-0.25, -0.2) is 0 Å². The zero-order valence-electron chi connectivity index (χ0n) is 16.4. The van der Waals surface area contributed by atoms with Crippen LogP contribution in [-0.4, -0.2) is 11.9 Å². The molecule has 1 unspecified atom stereocenters. The molecular formula is C22H32O4-2. The Kier molecular flexibility index (Phi) is 10.0. The van der Waals surface area contributed by atoms with Gasteiger partial charge in [-0.2, -0.15) is 0 Å². The van der Waals surface area contributed by atoms with E-state index in [9.17, 15) is 19.8 Å². The van der Waals surface area contributed by atoms with E-state index in [0.29, 0.717) is 17.9 Å². The number of hydrogen-bond donors (Lipinski definition) is 0. The molecule has 0 aromatic heterocycles. The second-order valence-corrected chi connectivity index (χ2v) is 7.13. The molecule has 0 radical (unpaired) electrons. The van der Waals surface area contributed by atoms with Crippen LogP contribution in [0.25, 0.3) is 0 Å². The van der Waals surface area contributed by atoms with Crippen molar-refractivity contribution in [1.82, 2.24) is 0 Å². The van der Waals surface area contributed by atoms with E-state index < -0.39 is 11.9 Å². The van der Waals surface area contributed by atoms with Gasteiger partial charge >= 0.3 is 0 Å². The Bertz CT molecular complexity index is 592. The first-order chi connectivity index (χ1) is 12.5. The third-order valence-electron chi connectivity index (χ3n) is 5.17. The zero-order chi connectivity index (χ0) is 19.5. The summed E-state index contributed by atoms with van der Waals surface area (Å²) < 4.78 is 0. The number of carboxylic acid groups (broad SMARTS) is 2. The van der Waals surface area contributed by atoms with Crippen LogP contribution in [0, 0.1) is 5.92 Å². The Labute approximate surface area is 157 Å². The van der Waals surface area contributed by atoms with Crippen molar-refractivity contribution in [3.63, 3.8) is 0 Å². The SMILES string of the molecule is CCCCCCc1c(CC(CC)CCCC)ccc(C(=O)[O-])c1C(=O)[O-]. The number of rotatable bonds is 13. The van der Waals surface area contributed by atoms with E-state index in [4.69, 9.17) is 0 Å². The van der Waals surface area contributed by atoms with E-state index in [0.717, 1.165) is 63.4 Å². The standard InChI is InChI=1S/C22H34O4/c1-4-7-9-10-12-18-17(15-16(6-3)11-8-5-2)13-14-19(21(23)24)20(18)22(25)26/h13-14,16H,4-12,15H2,1-3H3,(H,23,24)(H,25,26)/p-2. The van der Waals surface area contributed by atoms with Crippen molar-refractivity contribution in [2.45, 2.75) is 85.0 Å². The van der Waals surface area contributed by atoms with Gasteiger partial charge in [0.2, 0.25) is 0 Å². The van der Waals surface area contributed by atoms with Crippen LogP contribution in [-0.2, 0) is 12.8 Å². The largest absolute Gasteiger partial charge is 0.545 e.